The number of nitrogens with one attached hydrogen (secondary N) is 1. The van der Waals surface area contributed by atoms with E-state index >= 15 is 0 Å². The number of carboxylic acid groups (broad SMARTS) is 1. The van der Waals surface area contributed by atoms with Gasteiger partial charge in [0.15, 0.2) is 0 Å². The summed E-state index contributed by atoms with van der Waals surface area (Å²) in [5.41, 5.74) is 1.08. The molecule has 3 nitrogen and oxygen atoms in total. The Labute approximate surface area is 104 Å². The normalized spacial score (nSPS) is 12.2. The zero-order valence-electron chi connectivity index (χ0n) is 7.42. The van der Waals surface area contributed by atoms with Crippen LogP contribution in [0.25, 0.3) is 0 Å². The predicted octanol–water partition coefficient (Wildman–Crippen LogP) is 3.34. The summed E-state index contributed by atoms with van der Waals surface area (Å²) in [7, 11) is 0. The molecule has 2 N–H and O–H groups in total. The fraction of sp³-hybridized carbons (Fsp3) is 0.222. The highest BCUT2D eigenvalue weighted by Crippen LogP contribution is 2.22. The predicted molar refractivity (Wildman–Crippen MR) is 68.2 cm³/mol. The molecule has 0 spiro atoms. The number of hydrogen-bond acceptors (Lipinski definition) is 2. The van der Waals surface area contributed by atoms with Crippen molar-refractivity contribution in [1.29, 1.82) is 0 Å². The number of benzene rings is 1. The zero-order valence-corrected chi connectivity index (χ0v) is 11.2. The van der Waals surface area contributed by atoms with Crippen LogP contribution in [0.4, 0.5) is 5.69 Å². The monoisotopic (exact) mass is 369 g/mol. The fourth-order valence-corrected chi connectivity index (χ4v) is 1.78. The van der Waals surface area contributed by atoms with E-state index < -0.39 is 5.97 Å². The average Bonchev–Trinajstić information content (AvgIpc) is 2.07. The lowest BCUT2D eigenvalue weighted by Crippen LogP contribution is -2.07. The van der Waals surface area contributed by atoms with Crippen LogP contribution in [-0.2, 0) is 0 Å². The Bertz CT molecular complexity index is 355. The van der Waals surface area contributed by atoms with Gasteiger partial charge < -0.3 is 10.4 Å². The summed E-state index contributed by atoms with van der Waals surface area (Å²) in [6, 6.07) is 5.18. The maximum Gasteiger partial charge on any atom is 0.336 e. The molecule has 0 aliphatic heterocycles. The average molecular weight is 370 g/mol. The number of anilines is 1. The summed E-state index contributed by atoms with van der Waals surface area (Å²) >= 11 is 5.40. The van der Waals surface area contributed by atoms with Gasteiger partial charge in [0, 0.05) is 10.2 Å². The standard InChI is InChI=1S/C9H9BrINO2/c1-5(11)12-6-2-3-8(10)7(4-6)9(13)14/h2-5,12H,1H3,(H,13,14). The van der Waals surface area contributed by atoms with Crippen molar-refractivity contribution >= 4 is 50.2 Å². The van der Waals surface area contributed by atoms with Crippen molar-refractivity contribution in [2.24, 2.45) is 0 Å². The van der Waals surface area contributed by atoms with Crippen molar-refractivity contribution in [2.75, 3.05) is 5.32 Å². The Morgan fingerprint density at radius 1 is 1.64 bits per heavy atom. The van der Waals surface area contributed by atoms with Crippen LogP contribution >= 0.6 is 38.5 Å². The van der Waals surface area contributed by atoms with E-state index in [1.54, 1.807) is 12.1 Å². The van der Waals surface area contributed by atoms with E-state index in [4.69, 9.17) is 5.11 Å². The van der Waals surface area contributed by atoms with Gasteiger partial charge in [-0.3, -0.25) is 0 Å². The quantitative estimate of drug-likeness (QED) is 0.488. The number of hydrogen-bond donors (Lipinski definition) is 2. The third-order valence-corrected chi connectivity index (χ3v) is 2.57. The van der Waals surface area contributed by atoms with Gasteiger partial charge in [0.25, 0.3) is 0 Å². The highest BCUT2D eigenvalue weighted by molar-refractivity contribution is 14.1. The lowest BCUT2D eigenvalue weighted by molar-refractivity contribution is 0.0696. The van der Waals surface area contributed by atoms with Crippen molar-refractivity contribution < 1.29 is 9.90 Å². The number of aromatic carboxylic acids is 1. The molecule has 0 heterocycles. The third kappa shape index (κ3) is 3.13. The highest BCUT2D eigenvalue weighted by Gasteiger charge is 2.09. The molecule has 1 unspecified atom stereocenters. The molecule has 0 aliphatic carbocycles. The molecule has 0 saturated carbocycles. The van der Waals surface area contributed by atoms with Crippen LogP contribution in [-0.4, -0.2) is 15.1 Å². The summed E-state index contributed by atoms with van der Waals surface area (Å²) in [4.78, 5) is 10.8. The van der Waals surface area contributed by atoms with Gasteiger partial charge in [0.1, 0.15) is 0 Å². The van der Waals surface area contributed by atoms with E-state index in [1.165, 1.54) is 0 Å². The topological polar surface area (TPSA) is 49.3 Å². The first-order chi connectivity index (χ1) is 6.50. The molecule has 0 amide bonds. The Hall–Kier alpha value is -0.300. The van der Waals surface area contributed by atoms with Crippen molar-refractivity contribution in [3.8, 4) is 0 Å². The van der Waals surface area contributed by atoms with Crippen LogP contribution in [0.15, 0.2) is 22.7 Å². The van der Waals surface area contributed by atoms with Crippen LogP contribution in [0, 0.1) is 0 Å². The molecule has 5 heteroatoms. The lowest BCUT2D eigenvalue weighted by Gasteiger charge is -2.09. The van der Waals surface area contributed by atoms with Crippen molar-refractivity contribution in [2.45, 2.75) is 11.0 Å². The van der Waals surface area contributed by atoms with E-state index in [2.05, 4.69) is 43.8 Å². The fourth-order valence-electron chi connectivity index (χ4n) is 1.01. The Balaban J connectivity index is 3.00. The summed E-state index contributed by atoms with van der Waals surface area (Å²) in [6.07, 6.45) is 0. The molecular formula is C9H9BrINO2. The first kappa shape index (κ1) is 11.8. The van der Waals surface area contributed by atoms with Crippen molar-refractivity contribution in [3.05, 3.63) is 28.2 Å². The van der Waals surface area contributed by atoms with Gasteiger partial charge in [-0.2, -0.15) is 0 Å². The molecule has 1 aromatic carbocycles. The van der Waals surface area contributed by atoms with Crippen molar-refractivity contribution in [3.63, 3.8) is 0 Å². The van der Waals surface area contributed by atoms with Crippen LogP contribution in [0.1, 0.15) is 17.3 Å². The van der Waals surface area contributed by atoms with Gasteiger partial charge in [-0.05, 0) is 41.1 Å². The number of rotatable bonds is 3. The van der Waals surface area contributed by atoms with E-state index in [-0.39, 0.29) is 9.61 Å². The molecule has 0 radical (unpaired) electrons. The van der Waals surface area contributed by atoms with Gasteiger partial charge >= 0.3 is 5.97 Å². The minimum atomic E-state index is -0.929. The summed E-state index contributed by atoms with van der Waals surface area (Å²) in [5.74, 6) is -0.929. The Morgan fingerprint density at radius 3 is 2.79 bits per heavy atom. The zero-order chi connectivity index (χ0) is 10.7. The largest absolute Gasteiger partial charge is 0.478 e. The van der Waals surface area contributed by atoms with Gasteiger partial charge in [0.05, 0.1) is 9.61 Å². The van der Waals surface area contributed by atoms with Crippen LogP contribution < -0.4 is 5.32 Å². The van der Waals surface area contributed by atoms with Crippen LogP contribution in [0.2, 0.25) is 0 Å². The highest BCUT2D eigenvalue weighted by atomic mass is 127. The SMILES string of the molecule is CC(I)Nc1ccc(Br)c(C(=O)O)c1. The maximum atomic E-state index is 10.8. The lowest BCUT2D eigenvalue weighted by atomic mass is 10.2. The smallest absolute Gasteiger partial charge is 0.336 e. The van der Waals surface area contributed by atoms with E-state index in [9.17, 15) is 4.79 Å². The summed E-state index contributed by atoms with van der Waals surface area (Å²) in [6.45, 7) is 1.99. The minimum absolute atomic E-state index is 0.260. The number of halogens is 2. The second-order valence-electron chi connectivity index (χ2n) is 2.76. The summed E-state index contributed by atoms with van der Waals surface area (Å²) < 4.78 is 0.854. The minimum Gasteiger partial charge on any atom is -0.478 e. The molecule has 76 valence electrons. The van der Waals surface area contributed by atoms with Gasteiger partial charge in [0.2, 0.25) is 0 Å². The second-order valence-corrected chi connectivity index (χ2v) is 5.48. The Kier molecular flexibility index (Phi) is 4.18. The third-order valence-electron chi connectivity index (χ3n) is 1.56. The maximum absolute atomic E-state index is 10.8. The Morgan fingerprint density at radius 2 is 2.29 bits per heavy atom. The van der Waals surface area contributed by atoms with E-state index in [1.807, 2.05) is 13.0 Å². The molecule has 0 saturated heterocycles. The number of carboxylic acids is 1. The molecule has 0 bridgehead atoms. The molecule has 1 atom stereocenters. The first-order valence-electron chi connectivity index (χ1n) is 3.94. The first-order valence-corrected chi connectivity index (χ1v) is 5.98. The molecule has 0 aliphatic rings. The van der Waals surface area contributed by atoms with E-state index in [0.29, 0.717) is 4.47 Å². The van der Waals surface area contributed by atoms with Crippen LogP contribution in [0.3, 0.4) is 0 Å². The molecule has 0 aromatic heterocycles. The van der Waals surface area contributed by atoms with Gasteiger partial charge in [-0.1, -0.05) is 22.6 Å². The molecular weight excluding hydrogens is 361 g/mol. The molecule has 1 aromatic rings. The second kappa shape index (κ2) is 4.97. The van der Waals surface area contributed by atoms with E-state index in [0.717, 1.165) is 5.69 Å². The van der Waals surface area contributed by atoms with Crippen LogP contribution in [0.5, 0.6) is 0 Å². The number of carbonyl (C=O) groups is 1. The summed E-state index contributed by atoms with van der Waals surface area (Å²) in [5, 5.41) is 12.0. The van der Waals surface area contributed by atoms with Gasteiger partial charge in [-0.15, -0.1) is 0 Å². The number of alkyl halides is 1. The molecule has 14 heavy (non-hydrogen) atoms. The molecule has 1 rings (SSSR count). The van der Waals surface area contributed by atoms with Gasteiger partial charge in [-0.25, -0.2) is 4.79 Å². The molecule has 0 fully saturated rings. The van der Waals surface area contributed by atoms with Crippen molar-refractivity contribution in [1.82, 2.24) is 0 Å².